The first-order chi connectivity index (χ1) is 12.5. The van der Waals surface area contributed by atoms with Crippen molar-refractivity contribution in [3.05, 3.63) is 75.7 Å². The van der Waals surface area contributed by atoms with Crippen LogP contribution in [0.5, 0.6) is 5.75 Å². The van der Waals surface area contributed by atoms with Gasteiger partial charge in [0.1, 0.15) is 5.75 Å². The summed E-state index contributed by atoms with van der Waals surface area (Å²) in [6, 6.07) is 19.0. The van der Waals surface area contributed by atoms with Crippen LogP contribution in [0.25, 0.3) is 10.8 Å². The second kappa shape index (κ2) is 8.34. The second-order valence-corrected chi connectivity index (χ2v) is 6.86. The van der Waals surface area contributed by atoms with E-state index in [1.165, 1.54) is 0 Å². The lowest BCUT2D eigenvalue weighted by Gasteiger charge is -2.10. The number of rotatable bonds is 5. The average Bonchev–Trinajstić information content (AvgIpc) is 2.66. The number of halogens is 2. The van der Waals surface area contributed by atoms with Crippen LogP contribution in [0.15, 0.2) is 70.2 Å². The van der Waals surface area contributed by atoms with Crippen LogP contribution in [0.3, 0.4) is 0 Å². The molecule has 0 heterocycles. The van der Waals surface area contributed by atoms with Gasteiger partial charge in [0, 0.05) is 5.02 Å². The van der Waals surface area contributed by atoms with Crippen molar-refractivity contribution in [2.45, 2.75) is 6.92 Å². The van der Waals surface area contributed by atoms with Gasteiger partial charge in [-0.1, -0.05) is 54.1 Å². The van der Waals surface area contributed by atoms with Crippen LogP contribution in [0.4, 0.5) is 0 Å². The summed E-state index contributed by atoms with van der Waals surface area (Å²) in [5.74, 6) is 0.274. The second-order valence-electron chi connectivity index (χ2n) is 5.63. The van der Waals surface area contributed by atoms with Crippen molar-refractivity contribution >= 4 is 49.9 Å². The number of amides is 1. The fourth-order valence-corrected chi connectivity index (χ4v) is 3.14. The molecule has 1 amide bonds. The Hall–Kier alpha value is -2.37. The average molecular weight is 432 g/mol. The lowest BCUT2D eigenvalue weighted by Crippen LogP contribution is -2.25. The van der Waals surface area contributed by atoms with Gasteiger partial charge in [0.25, 0.3) is 5.91 Å². The number of hydrogen-bond donors (Lipinski definition) is 1. The first-order valence-corrected chi connectivity index (χ1v) is 9.11. The third-order valence-electron chi connectivity index (χ3n) is 3.80. The Kier molecular flexibility index (Phi) is 5.91. The molecule has 0 bridgehead atoms. The van der Waals surface area contributed by atoms with Gasteiger partial charge in [-0.25, -0.2) is 5.43 Å². The van der Waals surface area contributed by atoms with Crippen molar-refractivity contribution in [2.24, 2.45) is 5.10 Å². The lowest BCUT2D eigenvalue weighted by atomic mass is 10.1. The van der Waals surface area contributed by atoms with E-state index >= 15 is 0 Å². The van der Waals surface area contributed by atoms with E-state index < -0.39 is 0 Å². The fraction of sp³-hybridized carbons (Fsp3) is 0.100. The Labute approximate surface area is 164 Å². The van der Waals surface area contributed by atoms with Crippen LogP contribution in [0.2, 0.25) is 5.02 Å². The van der Waals surface area contributed by atoms with Gasteiger partial charge in [-0.2, -0.15) is 5.10 Å². The summed E-state index contributed by atoms with van der Waals surface area (Å²) in [5.41, 5.74) is 4.06. The van der Waals surface area contributed by atoms with E-state index in [1.807, 2.05) is 55.5 Å². The smallest absolute Gasteiger partial charge is 0.277 e. The molecule has 26 heavy (non-hydrogen) atoms. The van der Waals surface area contributed by atoms with Gasteiger partial charge in [0.2, 0.25) is 0 Å². The predicted octanol–water partition coefficient (Wildman–Crippen LogP) is 5.17. The number of carbonyl (C=O) groups excluding carboxylic acids is 1. The molecule has 0 aliphatic carbocycles. The molecule has 0 aromatic heterocycles. The van der Waals surface area contributed by atoms with Crippen LogP contribution in [-0.2, 0) is 4.79 Å². The van der Waals surface area contributed by atoms with Gasteiger partial charge in [0.15, 0.2) is 6.61 Å². The molecule has 3 aromatic carbocycles. The van der Waals surface area contributed by atoms with Crippen molar-refractivity contribution in [1.82, 2.24) is 5.43 Å². The Morgan fingerprint density at radius 1 is 1.12 bits per heavy atom. The zero-order valence-electron chi connectivity index (χ0n) is 14.0. The summed E-state index contributed by atoms with van der Waals surface area (Å²) in [4.78, 5) is 12.0. The van der Waals surface area contributed by atoms with Crippen molar-refractivity contribution in [3.63, 3.8) is 0 Å². The first-order valence-electron chi connectivity index (χ1n) is 7.94. The molecular weight excluding hydrogens is 416 g/mol. The summed E-state index contributed by atoms with van der Waals surface area (Å²) in [5, 5.41) is 6.87. The molecule has 0 unspecified atom stereocenters. The van der Waals surface area contributed by atoms with Crippen LogP contribution in [0.1, 0.15) is 12.5 Å². The Bertz CT molecular complexity index is 971. The molecular formula is C20H16BrClN2O2. The monoisotopic (exact) mass is 430 g/mol. The molecule has 0 fully saturated rings. The highest BCUT2D eigenvalue weighted by molar-refractivity contribution is 9.10. The van der Waals surface area contributed by atoms with E-state index in [-0.39, 0.29) is 12.5 Å². The summed E-state index contributed by atoms with van der Waals surface area (Å²) in [6.45, 7) is 1.68. The molecule has 3 aromatic rings. The normalized spacial score (nSPS) is 11.4. The minimum Gasteiger partial charge on any atom is -0.483 e. The first kappa shape index (κ1) is 18.4. The molecule has 1 N–H and O–H groups in total. The third kappa shape index (κ3) is 4.42. The topological polar surface area (TPSA) is 50.7 Å². The number of ether oxygens (including phenoxy) is 1. The molecule has 6 heteroatoms. The third-order valence-corrected chi connectivity index (χ3v) is 4.87. The summed E-state index contributed by atoms with van der Waals surface area (Å²) in [6.07, 6.45) is 0. The van der Waals surface area contributed by atoms with E-state index in [0.29, 0.717) is 16.5 Å². The zero-order chi connectivity index (χ0) is 18.5. The number of carbonyl (C=O) groups is 1. The van der Waals surface area contributed by atoms with Gasteiger partial charge in [-0.05, 0) is 57.4 Å². The fourth-order valence-electron chi connectivity index (χ4n) is 2.40. The minimum absolute atomic E-state index is 0.131. The molecule has 0 saturated heterocycles. The van der Waals surface area contributed by atoms with Gasteiger partial charge < -0.3 is 4.74 Å². The number of nitrogens with one attached hydrogen (secondary N) is 1. The van der Waals surface area contributed by atoms with E-state index in [2.05, 4.69) is 26.5 Å². The Morgan fingerprint density at radius 3 is 2.62 bits per heavy atom. The van der Waals surface area contributed by atoms with Crippen molar-refractivity contribution < 1.29 is 9.53 Å². The summed E-state index contributed by atoms with van der Waals surface area (Å²) >= 11 is 9.40. The maximum Gasteiger partial charge on any atom is 0.277 e. The molecule has 0 aliphatic heterocycles. The molecule has 0 atom stereocenters. The number of benzene rings is 3. The maximum atomic E-state index is 12.0. The van der Waals surface area contributed by atoms with Crippen molar-refractivity contribution in [1.29, 1.82) is 0 Å². The van der Waals surface area contributed by atoms with Gasteiger partial charge in [-0.3, -0.25) is 4.79 Å². The SMILES string of the molecule is CC(=NNC(=O)COc1ccc2ccccc2c1Br)c1ccc(Cl)cc1. The molecule has 0 spiro atoms. The zero-order valence-corrected chi connectivity index (χ0v) is 16.3. The number of hydrogen-bond acceptors (Lipinski definition) is 3. The van der Waals surface area contributed by atoms with Crippen LogP contribution < -0.4 is 10.2 Å². The summed E-state index contributed by atoms with van der Waals surface area (Å²) in [7, 11) is 0. The highest BCUT2D eigenvalue weighted by atomic mass is 79.9. The van der Waals surface area contributed by atoms with Crippen LogP contribution in [0, 0.1) is 0 Å². The van der Waals surface area contributed by atoms with Gasteiger partial charge >= 0.3 is 0 Å². The predicted molar refractivity (Wildman–Crippen MR) is 109 cm³/mol. The van der Waals surface area contributed by atoms with E-state index in [9.17, 15) is 4.79 Å². The molecule has 132 valence electrons. The van der Waals surface area contributed by atoms with Gasteiger partial charge in [-0.15, -0.1) is 0 Å². The maximum absolute atomic E-state index is 12.0. The quantitative estimate of drug-likeness (QED) is 0.447. The Morgan fingerprint density at radius 2 is 1.85 bits per heavy atom. The Balaban J connectivity index is 1.61. The number of hydrazone groups is 1. The van der Waals surface area contributed by atoms with Crippen LogP contribution >= 0.6 is 27.5 Å². The van der Waals surface area contributed by atoms with E-state index in [4.69, 9.17) is 16.3 Å². The minimum atomic E-state index is -0.335. The lowest BCUT2D eigenvalue weighted by molar-refractivity contribution is -0.123. The van der Waals surface area contributed by atoms with Crippen molar-refractivity contribution in [2.75, 3.05) is 6.61 Å². The molecule has 0 aliphatic rings. The van der Waals surface area contributed by atoms with Gasteiger partial charge in [0.05, 0.1) is 10.2 Å². The highest BCUT2D eigenvalue weighted by Crippen LogP contribution is 2.32. The number of nitrogens with zero attached hydrogens (tertiary/aromatic N) is 1. The number of fused-ring (bicyclic) bond motifs is 1. The molecule has 0 saturated carbocycles. The van der Waals surface area contributed by atoms with Crippen LogP contribution in [-0.4, -0.2) is 18.2 Å². The highest BCUT2D eigenvalue weighted by Gasteiger charge is 2.08. The molecule has 4 nitrogen and oxygen atoms in total. The standard InChI is InChI=1S/C20H16BrClN2O2/c1-13(14-6-9-16(22)10-7-14)23-24-19(25)12-26-18-11-8-15-4-2-3-5-17(15)20(18)21/h2-11H,12H2,1H3,(H,24,25). The molecule has 0 radical (unpaired) electrons. The van der Waals surface area contributed by atoms with E-state index in [1.54, 1.807) is 12.1 Å². The van der Waals surface area contributed by atoms with E-state index in [0.717, 1.165) is 20.8 Å². The largest absolute Gasteiger partial charge is 0.483 e. The van der Waals surface area contributed by atoms with Crippen molar-refractivity contribution in [3.8, 4) is 5.75 Å². The summed E-state index contributed by atoms with van der Waals surface area (Å²) < 4.78 is 6.44. The molecule has 3 rings (SSSR count).